The van der Waals surface area contributed by atoms with E-state index < -0.39 is 12.1 Å². The first-order chi connectivity index (χ1) is 31.7. The van der Waals surface area contributed by atoms with Crippen molar-refractivity contribution in [2.45, 2.75) is 219 Å². The number of nitrogens with one attached hydrogen (secondary N) is 1. The maximum Gasteiger partial charge on any atom is 0.220 e. The minimum atomic E-state index is -0.871. The van der Waals surface area contributed by atoms with Gasteiger partial charge in [0.15, 0.2) is 0 Å². The number of rotatable bonds is 45. The number of unbranched alkanes of at least 4 members (excludes halogenated alkanes) is 16. The summed E-state index contributed by atoms with van der Waals surface area (Å²) in [5.41, 5.74) is 0. The van der Waals surface area contributed by atoms with Gasteiger partial charge < -0.3 is 15.5 Å². The highest BCUT2D eigenvalue weighted by Gasteiger charge is 2.17. The zero-order valence-electron chi connectivity index (χ0n) is 41.2. The van der Waals surface area contributed by atoms with E-state index in [1.807, 2.05) is 6.08 Å². The molecule has 0 saturated carbocycles. The van der Waals surface area contributed by atoms with Crippen molar-refractivity contribution in [2.24, 2.45) is 0 Å². The van der Waals surface area contributed by atoms with Crippen molar-refractivity contribution in [1.82, 2.24) is 5.32 Å². The van der Waals surface area contributed by atoms with Crippen molar-refractivity contribution >= 4 is 5.91 Å². The highest BCUT2D eigenvalue weighted by Crippen LogP contribution is 2.13. The number of carbonyl (C=O) groups is 1. The van der Waals surface area contributed by atoms with Crippen LogP contribution in [0.5, 0.6) is 0 Å². The van der Waals surface area contributed by atoms with Crippen LogP contribution >= 0.6 is 0 Å². The molecule has 64 heavy (non-hydrogen) atoms. The van der Waals surface area contributed by atoms with E-state index in [1.165, 1.54) is 83.5 Å². The van der Waals surface area contributed by atoms with E-state index in [-0.39, 0.29) is 12.5 Å². The molecular formula is C60H97NO3. The van der Waals surface area contributed by atoms with Crippen LogP contribution in [0.3, 0.4) is 0 Å². The Labute approximate surface area is 395 Å². The Balaban J connectivity index is 3.63. The lowest BCUT2D eigenvalue weighted by atomic mass is 10.0. The third kappa shape index (κ3) is 49.3. The Bertz CT molecular complexity index is 1370. The van der Waals surface area contributed by atoms with Crippen LogP contribution in [0.2, 0.25) is 0 Å². The molecule has 2 atom stereocenters. The van der Waals surface area contributed by atoms with Gasteiger partial charge in [-0.25, -0.2) is 0 Å². The number of allylic oxidation sites excluding steroid dienone is 23. The second kappa shape index (κ2) is 53.6. The van der Waals surface area contributed by atoms with E-state index in [0.29, 0.717) is 6.42 Å². The van der Waals surface area contributed by atoms with Crippen LogP contribution in [-0.4, -0.2) is 34.9 Å². The largest absolute Gasteiger partial charge is 0.394 e. The minimum Gasteiger partial charge on any atom is -0.394 e. The van der Waals surface area contributed by atoms with Crippen molar-refractivity contribution in [3.8, 4) is 0 Å². The van der Waals surface area contributed by atoms with Gasteiger partial charge in [0.1, 0.15) is 0 Å². The normalized spacial score (nSPS) is 14.1. The molecule has 0 fully saturated rings. The van der Waals surface area contributed by atoms with Gasteiger partial charge in [0.05, 0.1) is 18.8 Å². The molecule has 0 aliphatic rings. The molecule has 2 unspecified atom stereocenters. The van der Waals surface area contributed by atoms with E-state index >= 15 is 0 Å². The van der Waals surface area contributed by atoms with Gasteiger partial charge in [-0.3, -0.25) is 4.79 Å². The predicted molar refractivity (Wildman–Crippen MR) is 285 cm³/mol. The van der Waals surface area contributed by atoms with Crippen molar-refractivity contribution in [1.29, 1.82) is 0 Å². The molecule has 0 aromatic rings. The Hall–Kier alpha value is -3.73. The zero-order chi connectivity index (χ0) is 46.3. The number of hydrogen-bond donors (Lipinski definition) is 3. The molecule has 0 rings (SSSR count). The summed E-state index contributed by atoms with van der Waals surface area (Å²) >= 11 is 0. The Morgan fingerprint density at radius 1 is 0.391 bits per heavy atom. The van der Waals surface area contributed by atoms with Gasteiger partial charge in [0.2, 0.25) is 5.91 Å². The molecular weight excluding hydrogens is 783 g/mol. The van der Waals surface area contributed by atoms with Gasteiger partial charge in [-0.15, -0.1) is 0 Å². The van der Waals surface area contributed by atoms with E-state index in [2.05, 4.69) is 153 Å². The van der Waals surface area contributed by atoms with E-state index in [4.69, 9.17) is 0 Å². The van der Waals surface area contributed by atoms with Crippen molar-refractivity contribution in [3.63, 3.8) is 0 Å². The first-order valence-electron chi connectivity index (χ1n) is 26.0. The van der Waals surface area contributed by atoms with Gasteiger partial charge >= 0.3 is 0 Å². The molecule has 0 bridgehead atoms. The van der Waals surface area contributed by atoms with Crippen LogP contribution in [0.4, 0.5) is 0 Å². The fourth-order valence-corrected chi connectivity index (χ4v) is 6.87. The summed E-state index contributed by atoms with van der Waals surface area (Å²) in [6, 6.07) is -0.649. The number of aliphatic hydroxyl groups is 2. The molecule has 0 radical (unpaired) electrons. The number of amides is 1. The van der Waals surface area contributed by atoms with Crippen LogP contribution in [-0.2, 0) is 4.79 Å². The minimum absolute atomic E-state index is 0.0871. The summed E-state index contributed by atoms with van der Waals surface area (Å²) in [6.45, 7) is 4.14. The highest BCUT2D eigenvalue weighted by atomic mass is 16.3. The zero-order valence-corrected chi connectivity index (χ0v) is 41.2. The summed E-state index contributed by atoms with van der Waals surface area (Å²) in [4.78, 5) is 12.4. The van der Waals surface area contributed by atoms with Gasteiger partial charge in [0.25, 0.3) is 0 Å². The maximum absolute atomic E-state index is 12.4. The summed E-state index contributed by atoms with van der Waals surface area (Å²) < 4.78 is 0. The van der Waals surface area contributed by atoms with Crippen LogP contribution < -0.4 is 5.32 Å². The molecule has 4 heteroatoms. The van der Waals surface area contributed by atoms with Gasteiger partial charge in [-0.05, 0) is 109 Å². The fourth-order valence-electron chi connectivity index (χ4n) is 6.87. The monoisotopic (exact) mass is 880 g/mol. The summed E-state index contributed by atoms with van der Waals surface area (Å²) in [7, 11) is 0. The van der Waals surface area contributed by atoms with Gasteiger partial charge in [-0.1, -0.05) is 237 Å². The number of aliphatic hydroxyl groups excluding tert-OH is 2. The molecule has 0 aliphatic carbocycles. The molecule has 0 spiro atoms. The van der Waals surface area contributed by atoms with Crippen molar-refractivity contribution in [3.05, 3.63) is 146 Å². The molecule has 0 heterocycles. The SMILES string of the molecule is CC/C=C\C/C=C\C/C=C\C/C=C\C/C=C\C/C=C\C/C=C\C/C=C\C/C=C\C/C=C\CCCCCCCCCCCCC(=O)NC(CO)C(O)/C=C/CC/C=C/CCCCCCC. The first-order valence-corrected chi connectivity index (χ1v) is 26.0. The molecule has 3 N–H and O–H groups in total. The van der Waals surface area contributed by atoms with E-state index in [1.54, 1.807) is 6.08 Å². The number of carbonyl (C=O) groups excluding carboxylic acids is 1. The van der Waals surface area contributed by atoms with Crippen molar-refractivity contribution < 1.29 is 15.0 Å². The Morgan fingerprint density at radius 3 is 1.09 bits per heavy atom. The summed E-state index contributed by atoms with van der Waals surface area (Å²) in [6.07, 6.45) is 85.6. The number of hydrogen-bond acceptors (Lipinski definition) is 3. The third-order valence-corrected chi connectivity index (χ3v) is 10.8. The lowest BCUT2D eigenvalue weighted by Crippen LogP contribution is -2.45. The molecule has 360 valence electrons. The molecule has 0 saturated heterocycles. The summed E-state index contributed by atoms with van der Waals surface area (Å²) in [5, 5.41) is 22.9. The topological polar surface area (TPSA) is 69.6 Å². The van der Waals surface area contributed by atoms with Gasteiger partial charge in [-0.2, -0.15) is 0 Å². The highest BCUT2D eigenvalue weighted by molar-refractivity contribution is 5.76. The Kier molecular flexibility index (Phi) is 50.5. The second-order valence-electron chi connectivity index (χ2n) is 16.8. The quantitative estimate of drug-likeness (QED) is 0.0422. The fraction of sp³-hybridized carbons (Fsp3) is 0.583. The van der Waals surface area contributed by atoms with Crippen LogP contribution in [0, 0.1) is 0 Å². The van der Waals surface area contributed by atoms with Crippen molar-refractivity contribution in [2.75, 3.05) is 6.61 Å². The average Bonchev–Trinajstić information content (AvgIpc) is 3.30. The summed E-state index contributed by atoms with van der Waals surface area (Å²) in [5.74, 6) is -0.0871. The lowest BCUT2D eigenvalue weighted by Gasteiger charge is -2.19. The van der Waals surface area contributed by atoms with Crippen LogP contribution in [0.25, 0.3) is 0 Å². The van der Waals surface area contributed by atoms with Crippen LogP contribution in [0.15, 0.2) is 146 Å². The first kappa shape index (κ1) is 60.3. The molecule has 4 nitrogen and oxygen atoms in total. The van der Waals surface area contributed by atoms with Gasteiger partial charge in [0, 0.05) is 6.42 Å². The molecule has 1 amide bonds. The molecule has 0 aromatic heterocycles. The third-order valence-electron chi connectivity index (χ3n) is 10.8. The standard InChI is InChI=1S/C60H97NO3/c1-3-5-7-9-11-13-15-16-17-18-19-20-21-22-23-24-25-26-27-28-29-30-31-32-33-34-35-36-37-38-39-40-41-42-43-44-46-48-50-52-54-56-60(64)61-58(57-62)59(63)55-53-51-49-47-45-14-12-10-8-6-4-2/h5,7,11,13,16-17,19-20,22-23,25-26,28-29,31-32,34-35,37-38,45,47,53,55,58-59,62-63H,3-4,6,8-10,12,14-15,18,21,24,27,30,33,36,39-44,46,48-52,54,56-57H2,1-2H3,(H,61,64)/b7-5-,13-11-,17-16-,20-19-,23-22-,26-25-,29-28-,32-31-,35-34-,38-37-,47-45+,55-53+. The molecule has 0 aliphatic heterocycles. The molecule has 0 aromatic carbocycles. The average molecular weight is 880 g/mol. The lowest BCUT2D eigenvalue weighted by molar-refractivity contribution is -0.123. The maximum atomic E-state index is 12.4. The Morgan fingerprint density at radius 2 is 0.703 bits per heavy atom. The van der Waals surface area contributed by atoms with E-state index in [0.717, 1.165) is 103 Å². The van der Waals surface area contributed by atoms with E-state index in [9.17, 15) is 15.0 Å². The van der Waals surface area contributed by atoms with Crippen LogP contribution in [0.1, 0.15) is 206 Å². The second-order valence-corrected chi connectivity index (χ2v) is 16.8. The predicted octanol–water partition coefficient (Wildman–Crippen LogP) is 17.2. The smallest absolute Gasteiger partial charge is 0.220 e.